The number of fused-ring (bicyclic) bond motifs is 1. The van der Waals surface area contributed by atoms with Gasteiger partial charge in [0, 0.05) is 50.0 Å². The van der Waals surface area contributed by atoms with Gasteiger partial charge in [-0.05, 0) is 36.5 Å². The number of piperazine rings is 1. The second-order valence-corrected chi connectivity index (χ2v) is 9.54. The Morgan fingerprint density at radius 2 is 1.83 bits per heavy atom. The van der Waals surface area contributed by atoms with Gasteiger partial charge >= 0.3 is 6.36 Å². The summed E-state index contributed by atoms with van der Waals surface area (Å²) in [6.07, 6.45) is -1.07. The first kappa shape index (κ1) is 25.2. The lowest BCUT2D eigenvalue weighted by atomic mass is 9.96. The summed E-state index contributed by atoms with van der Waals surface area (Å²) in [5, 5.41) is 3.30. The number of ether oxygens (including phenoxy) is 1. The van der Waals surface area contributed by atoms with Crippen molar-refractivity contribution in [1.82, 2.24) is 20.2 Å². The smallest absolute Gasteiger partial charge is 0.406 e. The lowest BCUT2D eigenvalue weighted by Crippen LogP contribution is -2.51. The average Bonchev–Trinajstić information content (AvgIpc) is 3.20. The second-order valence-electron chi connectivity index (χ2n) is 9.54. The molecule has 35 heavy (non-hydrogen) atoms. The molecule has 1 saturated heterocycles. The molecule has 2 aromatic rings. The number of nitrogens with zero attached hydrogens (tertiary/aromatic N) is 4. The Balaban J connectivity index is 1.45. The quantitative estimate of drug-likeness (QED) is 0.635. The number of nitrogens with one attached hydrogen (secondary N) is 1. The van der Waals surface area contributed by atoms with Gasteiger partial charge in [0.2, 0.25) is 5.91 Å². The first-order valence-electron chi connectivity index (χ1n) is 12.1. The highest BCUT2D eigenvalue weighted by Gasteiger charge is 2.33. The number of carbonyl (C=O) groups excluding carboxylic acids is 1. The Bertz CT molecular complexity index is 1020. The van der Waals surface area contributed by atoms with E-state index >= 15 is 0 Å². The first-order valence-corrected chi connectivity index (χ1v) is 12.1. The van der Waals surface area contributed by atoms with Crippen LogP contribution in [0.15, 0.2) is 30.6 Å². The van der Waals surface area contributed by atoms with E-state index in [1.165, 1.54) is 29.8 Å². The summed E-state index contributed by atoms with van der Waals surface area (Å²) < 4.78 is 41.6. The molecule has 1 aliphatic carbocycles. The van der Waals surface area contributed by atoms with Crippen molar-refractivity contribution < 1.29 is 22.7 Å². The van der Waals surface area contributed by atoms with Crippen molar-refractivity contribution in [3.8, 4) is 5.75 Å². The molecule has 7 nitrogen and oxygen atoms in total. The Morgan fingerprint density at radius 3 is 2.46 bits per heavy atom. The van der Waals surface area contributed by atoms with Crippen molar-refractivity contribution in [2.75, 3.05) is 37.6 Å². The average molecular weight is 492 g/mol. The van der Waals surface area contributed by atoms with Crippen LogP contribution in [0.2, 0.25) is 0 Å². The number of benzene rings is 1. The molecular formula is C25H32F3N5O2. The number of carbonyl (C=O) groups is 1. The molecule has 1 aromatic carbocycles. The molecule has 0 radical (unpaired) electrons. The molecule has 2 aliphatic rings. The highest BCUT2D eigenvalue weighted by atomic mass is 19.4. The summed E-state index contributed by atoms with van der Waals surface area (Å²) in [5.41, 5.74) is 3.01. The highest BCUT2D eigenvalue weighted by Crippen LogP contribution is 2.37. The van der Waals surface area contributed by atoms with E-state index in [0.29, 0.717) is 44.2 Å². The molecule has 10 heteroatoms. The first-order chi connectivity index (χ1) is 16.6. The number of hydrogen-bond acceptors (Lipinski definition) is 6. The minimum Gasteiger partial charge on any atom is -0.406 e. The Hall–Kier alpha value is -2.88. The van der Waals surface area contributed by atoms with E-state index in [1.54, 1.807) is 6.33 Å². The summed E-state index contributed by atoms with van der Waals surface area (Å²) in [6, 6.07) is 5.75. The van der Waals surface area contributed by atoms with Gasteiger partial charge in [-0.3, -0.25) is 4.79 Å². The van der Waals surface area contributed by atoms with Crippen molar-refractivity contribution in [3.05, 3.63) is 47.4 Å². The summed E-state index contributed by atoms with van der Waals surface area (Å²) in [5.74, 6) is 0.558. The molecule has 4 rings (SSSR count). The van der Waals surface area contributed by atoms with Crippen LogP contribution in [0.4, 0.5) is 19.0 Å². The predicted octanol–water partition coefficient (Wildman–Crippen LogP) is 3.86. The fraction of sp³-hybridized carbons (Fsp3) is 0.560. The molecule has 1 N–H and O–H groups in total. The van der Waals surface area contributed by atoms with Crippen molar-refractivity contribution in [1.29, 1.82) is 0 Å². The molecule has 0 spiro atoms. The van der Waals surface area contributed by atoms with Crippen LogP contribution in [0, 0.1) is 0 Å². The number of aromatic nitrogens is 2. The molecule has 2 atom stereocenters. The summed E-state index contributed by atoms with van der Waals surface area (Å²) in [7, 11) is 0. The minimum absolute atomic E-state index is 0.0384. The maximum absolute atomic E-state index is 13.5. The van der Waals surface area contributed by atoms with Crippen molar-refractivity contribution >= 4 is 11.7 Å². The van der Waals surface area contributed by atoms with Crippen molar-refractivity contribution in [3.63, 3.8) is 0 Å². The van der Waals surface area contributed by atoms with Crippen LogP contribution in [-0.2, 0) is 11.2 Å². The molecule has 0 saturated carbocycles. The number of aryl methyl sites for hydroxylation is 1. The van der Waals surface area contributed by atoms with Gasteiger partial charge in [0.05, 0.1) is 5.92 Å². The number of rotatable bonds is 7. The topological polar surface area (TPSA) is 70.6 Å². The number of alkyl halides is 3. The van der Waals surface area contributed by atoms with E-state index in [9.17, 15) is 18.0 Å². The number of halogens is 3. The van der Waals surface area contributed by atoms with Gasteiger partial charge in [0.1, 0.15) is 17.9 Å². The molecule has 0 bridgehead atoms. The van der Waals surface area contributed by atoms with Crippen LogP contribution in [0.25, 0.3) is 0 Å². The van der Waals surface area contributed by atoms with E-state index in [1.807, 2.05) is 18.7 Å². The number of hydrogen-bond donors (Lipinski definition) is 1. The zero-order chi connectivity index (χ0) is 25.2. The van der Waals surface area contributed by atoms with Gasteiger partial charge < -0.3 is 19.9 Å². The van der Waals surface area contributed by atoms with Gasteiger partial charge in [0.15, 0.2) is 0 Å². The Kier molecular flexibility index (Phi) is 7.49. The van der Waals surface area contributed by atoms with Gasteiger partial charge in [-0.15, -0.1) is 13.2 Å². The molecule has 190 valence electrons. The van der Waals surface area contributed by atoms with Crippen LogP contribution in [-0.4, -0.2) is 65.9 Å². The Labute approximate surface area is 203 Å². The maximum atomic E-state index is 13.5. The molecule has 0 unspecified atom stereocenters. The normalized spacial score (nSPS) is 19.1. The van der Waals surface area contributed by atoms with Crippen LogP contribution >= 0.6 is 0 Å². The molecular weight excluding hydrogens is 459 g/mol. The van der Waals surface area contributed by atoms with Gasteiger partial charge in [-0.1, -0.05) is 32.9 Å². The van der Waals surface area contributed by atoms with Crippen molar-refractivity contribution in [2.24, 2.45) is 0 Å². The van der Waals surface area contributed by atoms with E-state index in [0.717, 1.165) is 24.4 Å². The molecule has 1 fully saturated rings. The fourth-order valence-electron chi connectivity index (χ4n) is 4.84. The zero-order valence-electron chi connectivity index (χ0n) is 20.3. The fourth-order valence-corrected chi connectivity index (χ4v) is 4.84. The van der Waals surface area contributed by atoms with E-state index in [-0.39, 0.29) is 17.7 Å². The Morgan fingerprint density at radius 1 is 1.14 bits per heavy atom. The van der Waals surface area contributed by atoms with Crippen LogP contribution in [0.1, 0.15) is 55.8 Å². The summed E-state index contributed by atoms with van der Waals surface area (Å²) in [6.45, 7) is 9.03. The summed E-state index contributed by atoms with van der Waals surface area (Å²) in [4.78, 5) is 26.6. The molecule has 1 amide bonds. The third-order valence-corrected chi connectivity index (χ3v) is 6.69. The van der Waals surface area contributed by atoms with Gasteiger partial charge in [-0.25, -0.2) is 9.97 Å². The summed E-state index contributed by atoms with van der Waals surface area (Å²) >= 11 is 0. The third-order valence-electron chi connectivity index (χ3n) is 6.69. The predicted molar refractivity (Wildman–Crippen MR) is 127 cm³/mol. The van der Waals surface area contributed by atoms with Gasteiger partial charge in [0.25, 0.3) is 0 Å². The SMILES string of the molecule is CC(C)NC[C@@H](C(=O)N1CCN(c2ncnc3c2[C@H](C)CC3)CC1)c1ccc(OC(F)(F)F)cc1. The number of anilines is 1. The lowest BCUT2D eigenvalue weighted by molar-refractivity contribution is -0.274. The molecule has 2 heterocycles. The minimum atomic E-state index is -4.75. The lowest BCUT2D eigenvalue weighted by Gasteiger charge is -2.38. The van der Waals surface area contributed by atoms with Crippen LogP contribution in [0.5, 0.6) is 5.75 Å². The van der Waals surface area contributed by atoms with E-state index in [4.69, 9.17) is 0 Å². The van der Waals surface area contributed by atoms with Crippen LogP contribution in [0.3, 0.4) is 0 Å². The number of amides is 1. The highest BCUT2D eigenvalue weighted by molar-refractivity contribution is 5.84. The largest absolute Gasteiger partial charge is 0.573 e. The standard InChI is InChI=1S/C25H32F3N5O2/c1-16(2)29-14-20(18-5-7-19(8-6-18)35-25(26,27)28)24(34)33-12-10-32(11-13-33)23-22-17(3)4-9-21(22)30-15-31-23/h5-8,15-17,20,29H,4,9-14H2,1-3H3/t17-,20-/m1/s1. The van der Waals surface area contributed by atoms with Gasteiger partial charge in [-0.2, -0.15) is 0 Å². The third kappa shape index (κ3) is 6.04. The van der Waals surface area contributed by atoms with Crippen LogP contribution < -0.4 is 15.0 Å². The van der Waals surface area contributed by atoms with E-state index in [2.05, 4.69) is 31.8 Å². The molecule has 1 aromatic heterocycles. The maximum Gasteiger partial charge on any atom is 0.573 e. The molecule has 1 aliphatic heterocycles. The second kappa shape index (κ2) is 10.4. The van der Waals surface area contributed by atoms with Crippen molar-refractivity contribution in [2.45, 2.75) is 57.9 Å². The monoisotopic (exact) mass is 491 g/mol. The van der Waals surface area contributed by atoms with E-state index < -0.39 is 12.3 Å². The zero-order valence-corrected chi connectivity index (χ0v) is 20.3.